The molecular formula is C28H22Cl2FeN2S. The van der Waals surface area contributed by atoms with Crippen LogP contribution in [0.15, 0.2) is 107 Å². The fraction of sp³-hybridized carbons (Fsp3) is 0.0714. The Labute approximate surface area is 218 Å². The summed E-state index contributed by atoms with van der Waals surface area (Å²) in [6.45, 7) is 4.16. The second-order valence-electron chi connectivity index (χ2n) is 7.61. The average Bonchev–Trinajstić information content (AvgIpc) is 3.36. The summed E-state index contributed by atoms with van der Waals surface area (Å²) >= 11 is 1.93. The standard InChI is InChI=1S/C28H22N2S.2ClH.Fe/c1-19(29-25-15-7-11-21-9-3-5-13-23(21)25)27-17-18-28(31-27)20(2)30-26-16-8-12-22-10-4-6-14-24(22)26;;;/h3-18H,1-2H3;2*1H;/q;;;+2/p-2. The Kier molecular flexibility index (Phi) is 8.55. The van der Waals surface area contributed by atoms with Crippen LogP contribution in [0.5, 0.6) is 0 Å². The topological polar surface area (TPSA) is 24.7 Å². The molecule has 0 amide bonds. The van der Waals surface area contributed by atoms with Crippen molar-refractivity contribution in [1.29, 1.82) is 0 Å². The van der Waals surface area contributed by atoms with Gasteiger partial charge in [-0.05, 0) is 48.9 Å². The van der Waals surface area contributed by atoms with Crippen LogP contribution in [-0.4, -0.2) is 11.4 Å². The molecule has 0 atom stereocenters. The third-order valence-electron chi connectivity index (χ3n) is 5.43. The molecule has 0 aliphatic rings. The summed E-state index contributed by atoms with van der Waals surface area (Å²) in [5.74, 6) is 0. The number of thiophene rings is 1. The van der Waals surface area contributed by atoms with Crippen LogP contribution in [0.3, 0.4) is 0 Å². The van der Waals surface area contributed by atoms with Gasteiger partial charge in [-0.1, -0.05) is 72.8 Å². The third-order valence-corrected chi connectivity index (χ3v) is 6.73. The van der Waals surface area contributed by atoms with Gasteiger partial charge in [0.1, 0.15) is 0 Å². The molecule has 0 saturated carbocycles. The molecule has 2 nitrogen and oxygen atoms in total. The second kappa shape index (κ2) is 11.8. The van der Waals surface area contributed by atoms with Gasteiger partial charge in [-0.15, -0.1) is 11.3 Å². The predicted octanol–water partition coefficient (Wildman–Crippen LogP) is 9.71. The Morgan fingerprint density at radius 1 is 0.588 bits per heavy atom. The van der Waals surface area contributed by atoms with E-state index in [2.05, 4.69) is 111 Å². The molecule has 0 aliphatic heterocycles. The minimum atomic E-state index is 0.194. The van der Waals surface area contributed by atoms with Gasteiger partial charge in [0, 0.05) is 20.5 Å². The number of halogens is 2. The molecule has 0 aliphatic carbocycles. The van der Waals surface area contributed by atoms with E-state index in [9.17, 15) is 0 Å². The summed E-state index contributed by atoms with van der Waals surface area (Å²) in [6, 6.07) is 33.6. The maximum atomic E-state index is 4.94. The van der Waals surface area contributed by atoms with Crippen molar-refractivity contribution in [3.05, 3.63) is 107 Å². The van der Waals surface area contributed by atoms with Gasteiger partial charge in [-0.3, -0.25) is 9.98 Å². The zero-order chi connectivity index (χ0) is 23.9. The van der Waals surface area contributed by atoms with Crippen molar-refractivity contribution in [2.24, 2.45) is 9.98 Å². The second-order valence-corrected chi connectivity index (χ2v) is 10.5. The van der Waals surface area contributed by atoms with E-state index < -0.39 is 0 Å². The van der Waals surface area contributed by atoms with Crippen LogP contribution in [0, 0.1) is 0 Å². The Bertz CT molecular complexity index is 1370. The van der Waals surface area contributed by atoms with Crippen molar-refractivity contribution in [2.75, 3.05) is 0 Å². The number of benzene rings is 4. The van der Waals surface area contributed by atoms with Crippen molar-refractivity contribution in [3.63, 3.8) is 0 Å². The van der Waals surface area contributed by atoms with Crippen LogP contribution < -0.4 is 0 Å². The van der Waals surface area contributed by atoms with E-state index in [4.69, 9.17) is 30.2 Å². The van der Waals surface area contributed by atoms with Gasteiger partial charge >= 0.3 is 33.3 Å². The molecule has 0 radical (unpaired) electrons. The van der Waals surface area contributed by atoms with Gasteiger partial charge in [0.05, 0.1) is 22.8 Å². The first-order valence-electron chi connectivity index (χ1n) is 10.6. The molecule has 1 aromatic heterocycles. The molecule has 0 N–H and O–H groups in total. The van der Waals surface area contributed by atoms with E-state index in [1.165, 1.54) is 21.5 Å². The molecule has 0 saturated heterocycles. The van der Waals surface area contributed by atoms with E-state index in [-0.39, 0.29) is 13.1 Å². The van der Waals surface area contributed by atoms with Gasteiger partial charge in [-0.2, -0.15) is 0 Å². The summed E-state index contributed by atoms with van der Waals surface area (Å²) < 4.78 is 0. The van der Waals surface area contributed by atoms with Crippen LogP contribution in [0.4, 0.5) is 11.4 Å². The van der Waals surface area contributed by atoms with Gasteiger partial charge < -0.3 is 0 Å². The predicted molar refractivity (Wildman–Crippen MR) is 148 cm³/mol. The minimum absolute atomic E-state index is 0.194. The Morgan fingerprint density at radius 2 is 0.971 bits per heavy atom. The molecule has 5 rings (SSSR count). The van der Waals surface area contributed by atoms with Crippen molar-refractivity contribution < 1.29 is 13.1 Å². The van der Waals surface area contributed by atoms with E-state index in [0.29, 0.717) is 0 Å². The Hall–Kier alpha value is -2.46. The molecule has 1 heterocycles. The van der Waals surface area contributed by atoms with E-state index >= 15 is 0 Å². The first-order valence-corrected chi connectivity index (χ1v) is 14.5. The summed E-state index contributed by atoms with van der Waals surface area (Å²) in [5, 5.41) is 4.77. The Morgan fingerprint density at radius 3 is 1.41 bits per heavy atom. The maximum absolute atomic E-state index is 4.94. The monoisotopic (exact) mass is 544 g/mol. The van der Waals surface area contributed by atoms with Crippen molar-refractivity contribution in [1.82, 2.24) is 0 Å². The number of hydrogen-bond acceptors (Lipinski definition) is 3. The molecule has 0 spiro atoms. The molecule has 0 bridgehead atoms. The molecule has 5 aromatic rings. The first kappa shape index (κ1) is 24.7. The molecule has 0 unspecified atom stereocenters. The molecule has 6 heteroatoms. The quantitative estimate of drug-likeness (QED) is 0.159. The number of fused-ring (bicyclic) bond motifs is 2. The van der Waals surface area contributed by atoms with Crippen LogP contribution in [-0.2, 0) is 13.1 Å². The van der Waals surface area contributed by atoms with Crippen LogP contribution in [0.2, 0.25) is 0 Å². The molecule has 4 aromatic carbocycles. The van der Waals surface area contributed by atoms with Crippen LogP contribution in [0.25, 0.3) is 21.5 Å². The van der Waals surface area contributed by atoms with Crippen molar-refractivity contribution >= 4 is 75.9 Å². The van der Waals surface area contributed by atoms with E-state index in [0.717, 1.165) is 32.6 Å². The third kappa shape index (κ3) is 5.78. The van der Waals surface area contributed by atoms with Crippen LogP contribution >= 0.6 is 31.5 Å². The number of hydrogen-bond donors (Lipinski definition) is 0. The summed E-state index contributed by atoms with van der Waals surface area (Å²) in [6.07, 6.45) is 0. The van der Waals surface area contributed by atoms with E-state index in [1.807, 2.05) is 0 Å². The Balaban J connectivity index is 0.000000868. The molecule has 0 fully saturated rings. The SMILES string of the molecule is CC(=Nc1cccc2ccccc12)c1ccc(C(C)=Nc2cccc3ccccc23)s1.[Cl][Fe][Cl]. The summed E-state index contributed by atoms with van der Waals surface area (Å²) in [4.78, 5) is 12.2. The zero-order valence-electron chi connectivity index (χ0n) is 18.6. The zero-order valence-corrected chi connectivity index (χ0v) is 22.1. The van der Waals surface area contributed by atoms with Gasteiger partial charge in [0.2, 0.25) is 0 Å². The summed E-state index contributed by atoms with van der Waals surface area (Å²) in [7, 11) is 9.53. The van der Waals surface area contributed by atoms with Gasteiger partial charge in [0.15, 0.2) is 0 Å². The fourth-order valence-corrected chi connectivity index (χ4v) is 4.71. The van der Waals surface area contributed by atoms with Crippen LogP contribution in [0.1, 0.15) is 23.6 Å². The summed E-state index contributed by atoms with van der Waals surface area (Å²) in [5.41, 5.74) is 4.05. The van der Waals surface area contributed by atoms with Gasteiger partial charge in [0.25, 0.3) is 0 Å². The molecule has 172 valence electrons. The van der Waals surface area contributed by atoms with Gasteiger partial charge in [-0.25, -0.2) is 0 Å². The fourth-order valence-electron chi connectivity index (χ4n) is 3.81. The van der Waals surface area contributed by atoms with Crippen molar-refractivity contribution in [2.45, 2.75) is 13.8 Å². The first-order chi connectivity index (χ1) is 16.6. The number of nitrogens with zero attached hydrogens (tertiary/aromatic N) is 2. The molecule has 34 heavy (non-hydrogen) atoms. The normalized spacial score (nSPS) is 12.1. The number of aliphatic imine (C=N–C) groups is 2. The number of rotatable bonds is 4. The van der Waals surface area contributed by atoms with Crippen molar-refractivity contribution in [3.8, 4) is 0 Å². The average molecular weight is 545 g/mol. The van der Waals surface area contributed by atoms with E-state index in [1.54, 1.807) is 11.3 Å². The molecular weight excluding hydrogens is 523 g/mol.